The lowest BCUT2D eigenvalue weighted by atomic mass is 10.2. The highest BCUT2D eigenvalue weighted by Crippen LogP contribution is 1.96. The quantitative estimate of drug-likeness (QED) is 0.642. The number of hydrogen-bond acceptors (Lipinski definition) is 1. The van der Waals surface area contributed by atoms with E-state index in [2.05, 4.69) is 32.1 Å². The van der Waals surface area contributed by atoms with Gasteiger partial charge < -0.3 is 5.73 Å². The summed E-state index contributed by atoms with van der Waals surface area (Å²) in [5, 5.41) is 0. The van der Waals surface area contributed by atoms with Crippen molar-refractivity contribution in [3.8, 4) is 0 Å². The number of hydrogen-bond donors (Lipinski definition) is 1. The lowest BCUT2D eigenvalue weighted by molar-refractivity contribution is 1.12. The van der Waals surface area contributed by atoms with Crippen molar-refractivity contribution in [2.75, 3.05) is 6.54 Å². The van der Waals surface area contributed by atoms with Crippen LogP contribution in [0.15, 0.2) is 23.8 Å². The van der Waals surface area contributed by atoms with Gasteiger partial charge in [0.2, 0.25) is 0 Å². The van der Waals surface area contributed by atoms with E-state index in [1.54, 1.807) is 0 Å². The molecule has 0 fully saturated rings. The van der Waals surface area contributed by atoms with Crippen LogP contribution >= 0.6 is 0 Å². The summed E-state index contributed by atoms with van der Waals surface area (Å²) in [6, 6.07) is 0. The lowest BCUT2D eigenvalue weighted by Crippen LogP contribution is -2.00. The predicted molar refractivity (Wildman–Crippen MR) is 58.2 cm³/mol. The van der Waals surface area contributed by atoms with Gasteiger partial charge in [0, 0.05) is 6.54 Å². The molecule has 0 radical (unpaired) electrons. The summed E-state index contributed by atoms with van der Waals surface area (Å²) in [5.74, 6) is 0. The van der Waals surface area contributed by atoms with E-state index in [0.29, 0.717) is 6.54 Å². The van der Waals surface area contributed by atoms with Crippen molar-refractivity contribution in [1.29, 1.82) is 0 Å². The molecule has 0 atom stereocenters. The molecule has 0 saturated carbocycles. The van der Waals surface area contributed by atoms with Crippen molar-refractivity contribution in [2.45, 2.75) is 40.5 Å². The summed E-state index contributed by atoms with van der Waals surface area (Å²) >= 11 is 0. The van der Waals surface area contributed by atoms with Crippen LogP contribution in [0.25, 0.3) is 0 Å². The van der Waals surface area contributed by atoms with E-state index in [1.165, 1.54) is 5.57 Å². The fraction of sp³-hybridized carbons (Fsp3) is 0.636. The average molecular weight is 169 g/mol. The van der Waals surface area contributed by atoms with E-state index < -0.39 is 0 Å². The Morgan fingerprint density at radius 1 is 1.17 bits per heavy atom. The topological polar surface area (TPSA) is 26.0 Å². The molecule has 0 spiro atoms. The van der Waals surface area contributed by atoms with Crippen LogP contribution < -0.4 is 5.73 Å². The summed E-state index contributed by atoms with van der Waals surface area (Å²) < 4.78 is 0. The first-order valence-corrected chi connectivity index (χ1v) is 4.90. The third-order valence-electron chi connectivity index (χ3n) is 1.27. The van der Waals surface area contributed by atoms with Crippen molar-refractivity contribution in [3.05, 3.63) is 23.8 Å². The molecule has 0 rings (SSSR count). The first-order chi connectivity index (χ1) is 5.85. The highest BCUT2D eigenvalue weighted by Gasteiger charge is 1.83. The molecule has 0 aliphatic carbocycles. The van der Waals surface area contributed by atoms with Crippen molar-refractivity contribution in [3.63, 3.8) is 0 Å². The maximum absolute atomic E-state index is 5.48. The second-order valence-electron chi connectivity index (χ2n) is 2.20. The van der Waals surface area contributed by atoms with Crippen LogP contribution in [0.2, 0.25) is 0 Å². The Morgan fingerprint density at radius 3 is 2.08 bits per heavy atom. The fourth-order valence-corrected chi connectivity index (χ4v) is 0.751. The molecule has 0 aliphatic heterocycles. The molecule has 0 unspecified atom stereocenters. The fourth-order valence-electron chi connectivity index (χ4n) is 0.751. The second kappa shape index (κ2) is 13.1. The Labute approximate surface area is 77.4 Å². The Balaban J connectivity index is 0. The van der Waals surface area contributed by atoms with E-state index in [1.807, 2.05) is 13.8 Å². The van der Waals surface area contributed by atoms with Gasteiger partial charge in [-0.3, -0.25) is 0 Å². The maximum atomic E-state index is 5.48. The van der Waals surface area contributed by atoms with Gasteiger partial charge >= 0.3 is 0 Å². The molecule has 0 bridgehead atoms. The van der Waals surface area contributed by atoms with E-state index in [9.17, 15) is 0 Å². The molecule has 0 aromatic rings. The van der Waals surface area contributed by atoms with Crippen LogP contribution in [0, 0.1) is 0 Å². The molecule has 2 N–H and O–H groups in total. The molecule has 0 amide bonds. The minimum atomic E-state index is 0.657. The van der Waals surface area contributed by atoms with Gasteiger partial charge in [-0.05, 0) is 18.4 Å². The first kappa shape index (κ1) is 14.0. The zero-order valence-electron chi connectivity index (χ0n) is 8.93. The Kier molecular flexibility index (Phi) is 15.2. The smallest absolute Gasteiger partial charge is 0.0174 e. The van der Waals surface area contributed by atoms with Crippen LogP contribution in [0.4, 0.5) is 0 Å². The first-order valence-electron chi connectivity index (χ1n) is 4.90. The van der Waals surface area contributed by atoms with E-state index in [0.717, 1.165) is 12.8 Å². The van der Waals surface area contributed by atoms with Crippen molar-refractivity contribution < 1.29 is 0 Å². The van der Waals surface area contributed by atoms with E-state index in [4.69, 9.17) is 5.73 Å². The molecular weight excluding hydrogens is 146 g/mol. The summed E-state index contributed by atoms with van der Waals surface area (Å²) in [7, 11) is 0. The number of allylic oxidation sites excluding steroid dienone is 2. The van der Waals surface area contributed by atoms with E-state index >= 15 is 0 Å². The lowest BCUT2D eigenvalue weighted by Gasteiger charge is -1.93. The summed E-state index contributed by atoms with van der Waals surface area (Å²) in [6.07, 6.45) is 8.55. The predicted octanol–water partition coefficient (Wildman–Crippen LogP) is 3.27. The van der Waals surface area contributed by atoms with Crippen LogP contribution in [-0.2, 0) is 0 Å². The van der Waals surface area contributed by atoms with Crippen molar-refractivity contribution >= 4 is 0 Å². The van der Waals surface area contributed by atoms with E-state index in [-0.39, 0.29) is 0 Å². The van der Waals surface area contributed by atoms with Gasteiger partial charge in [-0.1, -0.05) is 45.9 Å². The van der Waals surface area contributed by atoms with Crippen LogP contribution in [-0.4, -0.2) is 6.54 Å². The molecule has 72 valence electrons. The third-order valence-corrected chi connectivity index (χ3v) is 1.27. The Bertz CT molecular complexity index is 123. The largest absolute Gasteiger partial charge is 0.327 e. The normalized spacial score (nSPS) is 11.2. The van der Waals surface area contributed by atoms with Gasteiger partial charge in [0.05, 0.1) is 0 Å². The zero-order chi connectivity index (χ0) is 9.82. The average Bonchev–Trinajstić information content (AvgIpc) is 2.15. The van der Waals surface area contributed by atoms with Gasteiger partial charge in [0.15, 0.2) is 0 Å². The monoisotopic (exact) mass is 169 g/mol. The zero-order valence-corrected chi connectivity index (χ0v) is 8.93. The molecule has 0 aromatic heterocycles. The van der Waals surface area contributed by atoms with Crippen molar-refractivity contribution in [2.24, 2.45) is 5.73 Å². The van der Waals surface area contributed by atoms with Crippen LogP contribution in [0.1, 0.15) is 40.5 Å². The van der Waals surface area contributed by atoms with Gasteiger partial charge in [0.25, 0.3) is 0 Å². The number of rotatable bonds is 4. The minimum absolute atomic E-state index is 0.657. The molecule has 1 nitrogen and oxygen atoms in total. The van der Waals surface area contributed by atoms with Crippen LogP contribution in [0.3, 0.4) is 0 Å². The standard InChI is InChI=1S/C9H17N.C2H6/c1-3-5-7-9(8-10)6-4-2;1-2/h5-7H,3-4,8,10H2,1-2H3;1-2H3/b7-5-,9-6+;. The molecule has 0 saturated heterocycles. The van der Waals surface area contributed by atoms with Gasteiger partial charge in [-0.25, -0.2) is 0 Å². The molecule has 0 heterocycles. The van der Waals surface area contributed by atoms with Crippen LogP contribution in [0.5, 0.6) is 0 Å². The highest BCUT2D eigenvalue weighted by atomic mass is 14.5. The summed E-state index contributed by atoms with van der Waals surface area (Å²) in [5.41, 5.74) is 6.72. The SMILES string of the molecule is CC.CC/C=C\C(=C/CC)CN. The molecule has 0 aliphatic rings. The minimum Gasteiger partial charge on any atom is -0.327 e. The van der Waals surface area contributed by atoms with Crippen molar-refractivity contribution in [1.82, 2.24) is 0 Å². The number of nitrogens with two attached hydrogens (primary N) is 1. The third kappa shape index (κ3) is 9.44. The molecule has 0 aromatic carbocycles. The van der Waals surface area contributed by atoms with Gasteiger partial charge in [0.1, 0.15) is 0 Å². The summed E-state index contributed by atoms with van der Waals surface area (Å²) in [4.78, 5) is 0. The molecule has 12 heavy (non-hydrogen) atoms. The highest BCUT2D eigenvalue weighted by molar-refractivity contribution is 5.19. The Hall–Kier alpha value is -0.560. The Morgan fingerprint density at radius 2 is 1.75 bits per heavy atom. The van der Waals surface area contributed by atoms with Gasteiger partial charge in [-0.15, -0.1) is 0 Å². The molecule has 1 heteroatoms. The van der Waals surface area contributed by atoms with Gasteiger partial charge in [-0.2, -0.15) is 0 Å². The molecular formula is C11H23N. The maximum Gasteiger partial charge on any atom is 0.0174 e. The summed E-state index contributed by atoms with van der Waals surface area (Å²) in [6.45, 7) is 8.90. The second-order valence-corrected chi connectivity index (χ2v) is 2.20.